The van der Waals surface area contributed by atoms with Crippen LogP contribution in [-0.2, 0) is 4.74 Å². The summed E-state index contributed by atoms with van der Waals surface area (Å²) in [5.74, 6) is 0.902. The van der Waals surface area contributed by atoms with E-state index in [1.807, 2.05) is 19.1 Å². The molecular formula is C10H16O2. The Morgan fingerprint density at radius 1 is 1.67 bits per heavy atom. The summed E-state index contributed by atoms with van der Waals surface area (Å²) in [5.41, 5.74) is 0. The molecule has 12 heavy (non-hydrogen) atoms. The highest BCUT2D eigenvalue weighted by atomic mass is 16.5. The molecule has 0 bridgehead atoms. The molecule has 0 amide bonds. The molecule has 0 rings (SSSR count). The highest BCUT2D eigenvalue weighted by molar-refractivity contribution is 5.17. The minimum absolute atomic E-state index is 0.154. The van der Waals surface area contributed by atoms with E-state index in [2.05, 4.69) is 6.58 Å². The maximum absolute atomic E-state index is 8.72. The Morgan fingerprint density at radius 2 is 2.33 bits per heavy atom. The van der Waals surface area contributed by atoms with E-state index in [1.54, 1.807) is 19.3 Å². The molecule has 0 fully saturated rings. The van der Waals surface area contributed by atoms with Crippen molar-refractivity contribution in [1.29, 1.82) is 0 Å². The fraction of sp³-hybridized carbons (Fsp3) is 0.400. The molecule has 0 radical (unpaired) electrons. The quantitative estimate of drug-likeness (QED) is 0.501. The van der Waals surface area contributed by atoms with E-state index in [0.29, 0.717) is 0 Å². The molecule has 0 saturated carbocycles. The zero-order valence-corrected chi connectivity index (χ0v) is 7.66. The molecule has 1 unspecified atom stereocenters. The molecule has 2 nitrogen and oxygen atoms in total. The first kappa shape index (κ1) is 11.0. The van der Waals surface area contributed by atoms with Gasteiger partial charge in [0.25, 0.3) is 0 Å². The van der Waals surface area contributed by atoms with Gasteiger partial charge in [0.1, 0.15) is 5.76 Å². The Bertz CT molecular complexity index is 180. The van der Waals surface area contributed by atoms with Crippen molar-refractivity contribution in [2.75, 3.05) is 13.7 Å². The normalized spacial score (nSPS) is 14.8. The van der Waals surface area contributed by atoms with Crippen molar-refractivity contribution in [3.05, 3.63) is 36.6 Å². The average Bonchev–Trinajstić information content (AvgIpc) is 2.11. The van der Waals surface area contributed by atoms with Crippen molar-refractivity contribution in [3.8, 4) is 0 Å². The number of allylic oxidation sites excluding steroid dienone is 3. The van der Waals surface area contributed by atoms with Gasteiger partial charge in [-0.1, -0.05) is 25.7 Å². The van der Waals surface area contributed by atoms with Gasteiger partial charge in [0.2, 0.25) is 0 Å². The molecule has 1 N–H and O–H groups in total. The molecular weight excluding hydrogens is 152 g/mol. The van der Waals surface area contributed by atoms with Gasteiger partial charge in [0.05, 0.1) is 7.11 Å². The molecule has 0 aromatic heterocycles. The van der Waals surface area contributed by atoms with Gasteiger partial charge in [-0.25, -0.2) is 0 Å². The molecule has 1 atom stereocenters. The molecule has 0 heterocycles. The highest BCUT2D eigenvalue weighted by Gasteiger charge is 1.92. The average molecular weight is 168 g/mol. The smallest absolute Gasteiger partial charge is 0.118 e. The molecule has 0 aliphatic heterocycles. The number of ether oxygens (including phenoxy) is 1. The fourth-order valence-corrected chi connectivity index (χ4v) is 0.628. The first-order valence-electron chi connectivity index (χ1n) is 3.90. The number of aliphatic hydroxyl groups is 1. The van der Waals surface area contributed by atoms with Crippen LogP contribution in [0.3, 0.4) is 0 Å². The Morgan fingerprint density at radius 3 is 2.75 bits per heavy atom. The molecule has 0 spiro atoms. The summed E-state index contributed by atoms with van der Waals surface area (Å²) in [6.07, 6.45) is 7.13. The maximum atomic E-state index is 8.72. The molecule has 0 aromatic rings. The maximum Gasteiger partial charge on any atom is 0.118 e. The molecule has 68 valence electrons. The van der Waals surface area contributed by atoms with Crippen molar-refractivity contribution < 1.29 is 9.84 Å². The zero-order chi connectivity index (χ0) is 9.40. The van der Waals surface area contributed by atoms with Crippen molar-refractivity contribution in [1.82, 2.24) is 0 Å². The first-order valence-corrected chi connectivity index (χ1v) is 3.90. The minimum Gasteiger partial charge on any atom is -0.497 e. The Hall–Kier alpha value is -1.02. The van der Waals surface area contributed by atoms with E-state index in [0.717, 1.165) is 5.76 Å². The second-order valence-electron chi connectivity index (χ2n) is 2.53. The standard InChI is InChI=1S/C10H16O2/c1-4-5-10(12-3)7-6-9(2)8-11/h4-7,9,11H,1,8H2,2-3H3/b7-6+,10-5+. The van der Waals surface area contributed by atoms with E-state index in [1.165, 1.54) is 0 Å². The van der Waals surface area contributed by atoms with Crippen LogP contribution in [0, 0.1) is 5.92 Å². The SMILES string of the molecule is C=C/C=C(\C=C\C(C)CO)OC. The predicted molar refractivity (Wildman–Crippen MR) is 50.7 cm³/mol. The fourth-order valence-electron chi connectivity index (χ4n) is 0.628. The third-order valence-corrected chi connectivity index (χ3v) is 1.39. The van der Waals surface area contributed by atoms with Crippen molar-refractivity contribution >= 4 is 0 Å². The third-order valence-electron chi connectivity index (χ3n) is 1.39. The summed E-state index contributed by atoms with van der Waals surface area (Å²) >= 11 is 0. The van der Waals surface area contributed by atoms with Crippen LogP contribution in [0.25, 0.3) is 0 Å². The van der Waals surface area contributed by atoms with Crippen LogP contribution in [0.1, 0.15) is 6.92 Å². The number of aliphatic hydroxyl groups excluding tert-OH is 1. The largest absolute Gasteiger partial charge is 0.497 e. The second kappa shape index (κ2) is 6.68. The van der Waals surface area contributed by atoms with Gasteiger partial charge in [0.15, 0.2) is 0 Å². The summed E-state index contributed by atoms with van der Waals surface area (Å²) < 4.78 is 5.01. The number of methoxy groups -OCH3 is 1. The lowest BCUT2D eigenvalue weighted by Crippen LogP contribution is -1.95. The lowest BCUT2D eigenvalue weighted by molar-refractivity contribution is 0.261. The molecule has 0 saturated heterocycles. The van der Waals surface area contributed by atoms with Crippen LogP contribution in [0.4, 0.5) is 0 Å². The van der Waals surface area contributed by atoms with Crippen LogP contribution in [0.2, 0.25) is 0 Å². The van der Waals surface area contributed by atoms with Gasteiger partial charge in [-0.05, 0) is 18.1 Å². The Kier molecular flexibility index (Phi) is 6.11. The van der Waals surface area contributed by atoms with Crippen LogP contribution in [0.5, 0.6) is 0 Å². The van der Waals surface area contributed by atoms with Crippen LogP contribution < -0.4 is 0 Å². The molecule has 0 aliphatic carbocycles. The summed E-state index contributed by atoms with van der Waals surface area (Å²) in [6.45, 7) is 5.64. The van der Waals surface area contributed by atoms with E-state index in [9.17, 15) is 0 Å². The van der Waals surface area contributed by atoms with Crippen molar-refractivity contribution in [3.63, 3.8) is 0 Å². The van der Waals surface area contributed by atoms with Gasteiger partial charge in [0, 0.05) is 6.61 Å². The number of hydrogen-bond donors (Lipinski definition) is 1. The molecule has 0 aliphatic rings. The van der Waals surface area contributed by atoms with Crippen LogP contribution in [-0.4, -0.2) is 18.8 Å². The Balaban J connectivity index is 4.09. The topological polar surface area (TPSA) is 29.5 Å². The van der Waals surface area contributed by atoms with E-state index in [4.69, 9.17) is 9.84 Å². The van der Waals surface area contributed by atoms with Crippen LogP contribution in [0.15, 0.2) is 36.6 Å². The zero-order valence-electron chi connectivity index (χ0n) is 7.66. The summed E-state index contributed by atoms with van der Waals surface area (Å²) in [4.78, 5) is 0. The minimum atomic E-state index is 0.154. The van der Waals surface area contributed by atoms with Crippen molar-refractivity contribution in [2.45, 2.75) is 6.92 Å². The van der Waals surface area contributed by atoms with Gasteiger partial charge in [-0.15, -0.1) is 0 Å². The van der Waals surface area contributed by atoms with Gasteiger partial charge in [-0.2, -0.15) is 0 Å². The van der Waals surface area contributed by atoms with E-state index >= 15 is 0 Å². The van der Waals surface area contributed by atoms with Crippen LogP contribution >= 0.6 is 0 Å². The van der Waals surface area contributed by atoms with E-state index < -0.39 is 0 Å². The lowest BCUT2D eigenvalue weighted by atomic mass is 10.2. The van der Waals surface area contributed by atoms with Crippen molar-refractivity contribution in [2.24, 2.45) is 5.92 Å². The third kappa shape index (κ3) is 4.74. The monoisotopic (exact) mass is 168 g/mol. The second-order valence-corrected chi connectivity index (χ2v) is 2.53. The number of rotatable bonds is 5. The van der Waals surface area contributed by atoms with Gasteiger partial charge < -0.3 is 9.84 Å². The summed E-state index contributed by atoms with van der Waals surface area (Å²) in [7, 11) is 1.60. The lowest BCUT2D eigenvalue weighted by Gasteiger charge is -2.01. The van der Waals surface area contributed by atoms with Gasteiger partial charge >= 0.3 is 0 Å². The number of hydrogen-bond acceptors (Lipinski definition) is 2. The first-order chi connectivity index (χ1) is 5.74. The van der Waals surface area contributed by atoms with Gasteiger partial charge in [-0.3, -0.25) is 0 Å². The Labute approximate surface area is 73.9 Å². The predicted octanol–water partition coefficient (Wildman–Crippen LogP) is 1.89. The summed E-state index contributed by atoms with van der Waals surface area (Å²) in [6, 6.07) is 0. The molecule has 0 aromatic carbocycles. The summed E-state index contributed by atoms with van der Waals surface area (Å²) in [5, 5.41) is 8.72. The highest BCUT2D eigenvalue weighted by Crippen LogP contribution is 2.02. The van der Waals surface area contributed by atoms with E-state index in [-0.39, 0.29) is 12.5 Å². The molecule has 2 heteroatoms.